The highest BCUT2D eigenvalue weighted by atomic mass is 16.7. The molecule has 1 heterocycles. The maximum atomic E-state index is 11.3. The summed E-state index contributed by atoms with van der Waals surface area (Å²) in [5.74, 6) is -0.453. The Kier molecular flexibility index (Phi) is 8.23. The van der Waals surface area contributed by atoms with Crippen LogP contribution in [0, 0.1) is 0 Å². The molecule has 0 bridgehead atoms. The number of ether oxygens (including phenoxy) is 7. The molecule has 22 heavy (non-hydrogen) atoms. The maximum absolute atomic E-state index is 11.3. The number of carbonyl (C=O) groups excluding carboxylic acids is 1. The molecule has 1 aliphatic rings. The molecule has 0 aromatic heterocycles. The molecule has 0 radical (unpaired) electrons. The summed E-state index contributed by atoms with van der Waals surface area (Å²) in [6, 6.07) is 0. The number of esters is 1. The molecule has 0 saturated carbocycles. The van der Waals surface area contributed by atoms with Crippen LogP contribution in [0.4, 0.5) is 0 Å². The zero-order valence-corrected chi connectivity index (χ0v) is 13.9. The number of rotatable bonds is 8. The van der Waals surface area contributed by atoms with Gasteiger partial charge in [-0.1, -0.05) is 0 Å². The minimum Gasteiger partial charge on any atom is -0.454 e. The average Bonchev–Trinajstić information content (AvgIpc) is 2.51. The molecule has 130 valence electrons. The van der Waals surface area contributed by atoms with Crippen LogP contribution in [0.3, 0.4) is 0 Å². The van der Waals surface area contributed by atoms with Gasteiger partial charge in [0.05, 0.1) is 6.61 Å². The molecule has 0 amide bonds. The Morgan fingerprint density at radius 2 is 1.64 bits per heavy atom. The Morgan fingerprint density at radius 1 is 1.00 bits per heavy atom. The van der Waals surface area contributed by atoms with E-state index in [0.29, 0.717) is 6.61 Å². The zero-order valence-electron chi connectivity index (χ0n) is 13.9. The lowest BCUT2D eigenvalue weighted by molar-refractivity contribution is -0.316. The van der Waals surface area contributed by atoms with Gasteiger partial charge in [0, 0.05) is 42.5 Å². The first-order chi connectivity index (χ1) is 10.5. The molecule has 0 aromatic rings. The van der Waals surface area contributed by atoms with Crippen LogP contribution in [-0.2, 0) is 38.0 Å². The number of methoxy groups -OCH3 is 5. The first-order valence-corrected chi connectivity index (χ1v) is 6.96. The van der Waals surface area contributed by atoms with Gasteiger partial charge in [-0.05, 0) is 0 Å². The maximum Gasteiger partial charge on any atom is 0.303 e. The summed E-state index contributed by atoms with van der Waals surface area (Å²) in [5, 5.41) is 0. The summed E-state index contributed by atoms with van der Waals surface area (Å²) in [7, 11) is 7.64. The summed E-state index contributed by atoms with van der Waals surface area (Å²) in [6.07, 6.45) is -3.50. The van der Waals surface area contributed by atoms with Gasteiger partial charge < -0.3 is 33.2 Å². The van der Waals surface area contributed by atoms with Gasteiger partial charge in [-0.25, -0.2) is 0 Å². The first-order valence-electron chi connectivity index (χ1n) is 6.96. The largest absolute Gasteiger partial charge is 0.454 e. The molecular weight excluding hydrogens is 296 g/mol. The molecule has 8 heteroatoms. The third-order valence-electron chi connectivity index (χ3n) is 3.61. The fourth-order valence-corrected chi connectivity index (χ4v) is 2.64. The van der Waals surface area contributed by atoms with Crippen LogP contribution in [0.5, 0.6) is 0 Å². The third-order valence-corrected chi connectivity index (χ3v) is 3.61. The second-order valence-corrected chi connectivity index (χ2v) is 4.91. The van der Waals surface area contributed by atoms with E-state index in [-0.39, 0.29) is 6.10 Å². The van der Waals surface area contributed by atoms with E-state index >= 15 is 0 Å². The van der Waals surface area contributed by atoms with Crippen molar-refractivity contribution in [1.82, 2.24) is 0 Å². The van der Waals surface area contributed by atoms with E-state index in [0.717, 1.165) is 0 Å². The lowest BCUT2D eigenvalue weighted by Crippen LogP contribution is -2.63. The van der Waals surface area contributed by atoms with Crippen molar-refractivity contribution in [2.24, 2.45) is 0 Å². The lowest BCUT2D eigenvalue weighted by Gasteiger charge is -2.45. The van der Waals surface area contributed by atoms with Crippen molar-refractivity contribution < 1.29 is 38.0 Å². The Bertz CT molecular complexity index is 337. The Balaban J connectivity index is 3.04. The molecular formula is C14H26O8. The summed E-state index contributed by atoms with van der Waals surface area (Å²) < 4.78 is 38.0. The molecule has 8 nitrogen and oxygen atoms in total. The molecule has 0 aliphatic carbocycles. The molecule has 1 saturated heterocycles. The van der Waals surface area contributed by atoms with Crippen molar-refractivity contribution >= 4 is 5.97 Å². The monoisotopic (exact) mass is 322 g/mol. The highest BCUT2D eigenvalue weighted by Crippen LogP contribution is 2.30. The van der Waals surface area contributed by atoms with Crippen LogP contribution in [0.25, 0.3) is 0 Å². The quantitative estimate of drug-likeness (QED) is 0.577. The van der Waals surface area contributed by atoms with E-state index in [9.17, 15) is 4.79 Å². The topological polar surface area (TPSA) is 81.7 Å². The summed E-state index contributed by atoms with van der Waals surface area (Å²) in [6.45, 7) is 1.63. The van der Waals surface area contributed by atoms with E-state index in [2.05, 4.69) is 0 Å². The Morgan fingerprint density at radius 3 is 2.05 bits per heavy atom. The average molecular weight is 322 g/mol. The van der Waals surface area contributed by atoms with E-state index in [1.54, 1.807) is 14.2 Å². The second kappa shape index (κ2) is 9.39. The highest BCUT2D eigenvalue weighted by Gasteiger charge is 2.51. The lowest BCUT2D eigenvalue weighted by atomic mass is 9.94. The van der Waals surface area contributed by atoms with Gasteiger partial charge in [0.25, 0.3) is 0 Å². The highest BCUT2D eigenvalue weighted by molar-refractivity contribution is 5.66. The van der Waals surface area contributed by atoms with Gasteiger partial charge >= 0.3 is 5.97 Å². The van der Waals surface area contributed by atoms with E-state index in [1.807, 2.05) is 0 Å². The predicted molar refractivity (Wildman–Crippen MR) is 75.5 cm³/mol. The molecule has 1 rings (SSSR count). The minimum atomic E-state index is -0.792. The summed E-state index contributed by atoms with van der Waals surface area (Å²) >= 11 is 0. The van der Waals surface area contributed by atoms with Gasteiger partial charge in [0.2, 0.25) is 0 Å². The fraction of sp³-hybridized carbons (Fsp3) is 0.929. The van der Waals surface area contributed by atoms with Crippen LogP contribution < -0.4 is 0 Å². The molecule has 6 unspecified atom stereocenters. The molecule has 0 spiro atoms. The Hall–Kier alpha value is -0.770. The smallest absolute Gasteiger partial charge is 0.303 e. The van der Waals surface area contributed by atoms with Crippen molar-refractivity contribution in [1.29, 1.82) is 0 Å². The number of carbonyl (C=O) groups is 1. The van der Waals surface area contributed by atoms with Crippen LogP contribution in [0.1, 0.15) is 6.92 Å². The molecule has 1 fully saturated rings. The van der Waals surface area contributed by atoms with Crippen LogP contribution >= 0.6 is 0 Å². The van der Waals surface area contributed by atoms with E-state index in [1.165, 1.54) is 28.3 Å². The van der Waals surface area contributed by atoms with Crippen molar-refractivity contribution in [3.8, 4) is 0 Å². The molecule has 0 N–H and O–H groups in total. The van der Waals surface area contributed by atoms with Crippen LogP contribution in [0.15, 0.2) is 0 Å². The molecule has 6 atom stereocenters. The van der Waals surface area contributed by atoms with Crippen molar-refractivity contribution in [2.45, 2.75) is 43.7 Å². The first kappa shape index (κ1) is 19.3. The second-order valence-electron chi connectivity index (χ2n) is 4.91. The normalized spacial score (nSPS) is 33.5. The van der Waals surface area contributed by atoms with Gasteiger partial charge in [0.15, 0.2) is 12.4 Å². The molecule has 0 aromatic carbocycles. The van der Waals surface area contributed by atoms with Crippen LogP contribution in [-0.4, -0.2) is 84.9 Å². The van der Waals surface area contributed by atoms with Gasteiger partial charge in [-0.3, -0.25) is 4.79 Å². The van der Waals surface area contributed by atoms with Crippen molar-refractivity contribution in [3.63, 3.8) is 0 Å². The Labute approximate surface area is 130 Å². The van der Waals surface area contributed by atoms with E-state index in [4.69, 9.17) is 33.2 Å². The summed E-state index contributed by atoms with van der Waals surface area (Å²) in [5.41, 5.74) is 0. The van der Waals surface area contributed by atoms with Gasteiger partial charge in [-0.15, -0.1) is 0 Å². The van der Waals surface area contributed by atoms with E-state index < -0.39 is 36.7 Å². The predicted octanol–water partition coefficient (Wildman–Crippen LogP) is -0.0192. The minimum absolute atomic E-state index is 0.312. The van der Waals surface area contributed by atoms with Crippen molar-refractivity contribution in [2.75, 3.05) is 42.2 Å². The standard InChI is InChI=1S/C14H26O8/c1-8(15)21-13-12(19-5)11(18-4)10(22-14(13)20-6)9(17-3)7-16-2/h9-14H,7H2,1-6H3. The molecule has 1 aliphatic heterocycles. The van der Waals surface area contributed by atoms with Crippen molar-refractivity contribution in [3.05, 3.63) is 0 Å². The van der Waals surface area contributed by atoms with Crippen LogP contribution in [0.2, 0.25) is 0 Å². The number of hydrogen-bond donors (Lipinski definition) is 0. The third kappa shape index (κ3) is 4.37. The van der Waals surface area contributed by atoms with Gasteiger partial charge in [0.1, 0.15) is 24.4 Å². The van der Waals surface area contributed by atoms with Gasteiger partial charge in [-0.2, -0.15) is 0 Å². The SMILES string of the molecule is COCC(OC)C1OC(OC)C(OC(C)=O)C(OC)C1OC. The zero-order chi connectivity index (χ0) is 16.7. The summed E-state index contributed by atoms with van der Waals surface area (Å²) in [4.78, 5) is 11.3. The fourth-order valence-electron chi connectivity index (χ4n) is 2.64. The number of hydrogen-bond acceptors (Lipinski definition) is 8.